The summed E-state index contributed by atoms with van der Waals surface area (Å²) in [6.07, 6.45) is 10.0. The normalized spacial score (nSPS) is 14.6. The van der Waals surface area contributed by atoms with E-state index in [-0.39, 0.29) is 16.8 Å². The van der Waals surface area contributed by atoms with E-state index in [9.17, 15) is 0 Å². The molecule has 0 saturated heterocycles. The van der Waals surface area contributed by atoms with Gasteiger partial charge in [-0.25, -0.2) is 0 Å². The maximum Gasteiger partial charge on any atom is 0 e. The summed E-state index contributed by atoms with van der Waals surface area (Å²) in [5.41, 5.74) is 10.4. The Morgan fingerprint density at radius 3 is 0.588 bits per heavy atom. The summed E-state index contributed by atoms with van der Waals surface area (Å²) in [5, 5.41) is 0. The molecule has 0 unspecified atom stereocenters. The van der Waals surface area contributed by atoms with Gasteiger partial charge in [0.25, 0.3) is 0 Å². The molecular formula is C33H25Co. The third-order valence-electron chi connectivity index (χ3n) is 5.81. The van der Waals surface area contributed by atoms with Crippen LogP contribution in [0.1, 0.15) is 22.3 Å². The van der Waals surface area contributed by atoms with Crippen LogP contribution in [0, 0.1) is 32.1 Å². The van der Waals surface area contributed by atoms with Gasteiger partial charge in [0.2, 0.25) is 0 Å². The Bertz CT molecular complexity index is 1020. The molecule has 2 aliphatic carbocycles. The number of hydrogen-bond acceptors (Lipinski definition) is 0. The van der Waals surface area contributed by atoms with Gasteiger partial charge < -0.3 is 0 Å². The second kappa shape index (κ2) is 11.8. The maximum atomic E-state index is 2.21. The van der Waals surface area contributed by atoms with E-state index < -0.39 is 0 Å². The molecule has 1 saturated carbocycles. The summed E-state index contributed by atoms with van der Waals surface area (Å²) >= 11 is 0. The summed E-state index contributed by atoms with van der Waals surface area (Å²) < 4.78 is 0. The number of benzene rings is 4. The topological polar surface area (TPSA) is 0 Å². The number of hydrogen-bond donors (Lipinski definition) is 0. The minimum absolute atomic E-state index is 0. The molecule has 4 aromatic rings. The van der Waals surface area contributed by atoms with Gasteiger partial charge in [-0.2, -0.15) is 0 Å². The second-order valence-corrected chi connectivity index (χ2v) is 7.93. The standard InChI is InChI=1S/C28H20.C5H5.Co/c1-5-13-21(14-6-1)25-26(22-15-7-2-8-16-22)28(24-19-11-4-12-20-24)27(25)23-17-9-3-10-18-23;1-2-4-5-3-1;/h1-20H;1-5H;. The fraction of sp³-hybridized carbons (Fsp3) is 0. The molecule has 0 amide bonds. The number of rotatable bonds is 4. The van der Waals surface area contributed by atoms with E-state index in [1.807, 2.05) is 32.1 Å². The molecule has 2 aliphatic rings. The monoisotopic (exact) mass is 480 g/mol. The molecule has 0 nitrogen and oxygen atoms in total. The summed E-state index contributed by atoms with van der Waals surface area (Å²) in [7, 11) is 0. The molecule has 0 aliphatic heterocycles. The molecule has 1 heteroatoms. The van der Waals surface area contributed by atoms with Crippen LogP contribution in [-0.4, -0.2) is 0 Å². The van der Waals surface area contributed by atoms with Gasteiger partial charge in [-0.15, -0.1) is 0 Å². The van der Waals surface area contributed by atoms with E-state index in [0.29, 0.717) is 0 Å². The summed E-state index contributed by atoms with van der Waals surface area (Å²) in [6.45, 7) is 0. The van der Waals surface area contributed by atoms with E-state index in [1.54, 1.807) is 0 Å². The molecule has 6 radical (unpaired) electrons. The third kappa shape index (κ3) is 5.17. The first-order valence-corrected chi connectivity index (χ1v) is 11.3. The Hall–Kier alpha value is -3.13. The van der Waals surface area contributed by atoms with Crippen molar-refractivity contribution in [1.29, 1.82) is 0 Å². The van der Waals surface area contributed by atoms with Gasteiger partial charge in [-0.3, -0.25) is 0 Å². The third-order valence-corrected chi connectivity index (χ3v) is 5.81. The van der Waals surface area contributed by atoms with E-state index in [2.05, 4.69) is 121 Å². The average Bonchev–Trinajstić information content (AvgIpc) is 3.47. The Balaban J connectivity index is 0.000000407. The Morgan fingerprint density at radius 1 is 0.235 bits per heavy atom. The summed E-state index contributed by atoms with van der Waals surface area (Å²) in [5.74, 6) is 0. The number of allylic oxidation sites excluding steroid dienone is 4. The van der Waals surface area contributed by atoms with Crippen molar-refractivity contribution < 1.29 is 16.8 Å². The first-order chi connectivity index (χ1) is 16.4. The van der Waals surface area contributed by atoms with Crippen molar-refractivity contribution in [2.24, 2.45) is 0 Å². The molecule has 0 atom stereocenters. The molecule has 1 fully saturated rings. The van der Waals surface area contributed by atoms with Crippen LogP contribution in [-0.2, 0) is 16.8 Å². The molecule has 0 spiro atoms. The van der Waals surface area contributed by atoms with E-state index in [1.165, 1.54) is 44.5 Å². The van der Waals surface area contributed by atoms with Crippen molar-refractivity contribution in [2.75, 3.05) is 0 Å². The van der Waals surface area contributed by atoms with Crippen LogP contribution in [0.15, 0.2) is 121 Å². The summed E-state index contributed by atoms with van der Waals surface area (Å²) in [6, 6.07) is 43.0. The molecule has 0 bridgehead atoms. The van der Waals surface area contributed by atoms with Crippen molar-refractivity contribution in [3.8, 4) is 0 Å². The van der Waals surface area contributed by atoms with Crippen molar-refractivity contribution in [2.45, 2.75) is 0 Å². The van der Waals surface area contributed by atoms with Crippen LogP contribution in [0.3, 0.4) is 0 Å². The van der Waals surface area contributed by atoms with Gasteiger partial charge in [0.05, 0.1) is 0 Å². The smallest absolute Gasteiger partial charge is 0 e. The fourth-order valence-electron chi connectivity index (χ4n) is 4.33. The van der Waals surface area contributed by atoms with Gasteiger partial charge in [-0.05, 0) is 76.7 Å². The van der Waals surface area contributed by atoms with Crippen LogP contribution in [0.2, 0.25) is 0 Å². The van der Waals surface area contributed by atoms with Crippen LogP contribution in [0.5, 0.6) is 0 Å². The van der Waals surface area contributed by atoms with Crippen molar-refractivity contribution >= 4 is 22.3 Å². The zero-order valence-electron chi connectivity index (χ0n) is 18.8. The molecule has 0 aromatic heterocycles. The Kier molecular flexibility index (Phi) is 8.35. The van der Waals surface area contributed by atoms with Crippen LogP contribution >= 0.6 is 0 Å². The maximum absolute atomic E-state index is 2.21. The van der Waals surface area contributed by atoms with E-state index in [0.717, 1.165) is 0 Å². The molecule has 0 heterocycles. The van der Waals surface area contributed by atoms with Crippen molar-refractivity contribution in [1.82, 2.24) is 0 Å². The van der Waals surface area contributed by atoms with Crippen molar-refractivity contribution in [3.63, 3.8) is 0 Å². The SMILES string of the molecule is [CH]1[CH][CH][CH][CH]1.[Co].c1ccc(C2=C(c3ccccc3)C(c3ccccc3)=C2c2ccccc2)cc1. The first-order valence-electron chi connectivity index (χ1n) is 11.3. The molecule has 166 valence electrons. The second-order valence-electron chi connectivity index (χ2n) is 7.93. The first kappa shape index (κ1) is 24.0. The minimum atomic E-state index is 0. The Labute approximate surface area is 214 Å². The fourth-order valence-corrected chi connectivity index (χ4v) is 4.33. The van der Waals surface area contributed by atoms with Gasteiger partial charge in [-0.1, -0.05) is 121 Å². The van der Waals surface area contributed by atoms with Gasteiger partial charge in [0, 0.05) is 16.8 Å². The average molecular weight is 480 g/mol. The molecule has 6 rings (SSSR count). The Morgan fingerprint density at radius 2 is 0.412 bits per heavy atom. The quantitative estimate of drug-likeness (QED) is 0.276. The van der Waals surface area contributed by atoms with Crippen LogP contribution in [0.25, 0.3) is 22.3 Å². The summed E-state index contributed by atoms with van der Waals surface area (Å²) in [4.78, 5) is 0. The van der Waals surface area contributed by atoms with Gasteiger partial charge >= 0.3 is 0 Å². The van der Waals surface area contributed by atoms with Crippen molar-refractivity contribution in [3.05, 3.63) is 176 Å². The zero-order chi connectivity index (χ0) is 22.3. The van der Waals surface area contributed by atoms with Gasteiger partial charge in [0.15, 0.2) is 0 Å². The largest absolute Gasteiger partial charge is 0.0622 e. The molecular weight excluding hydrogens is 455 g/mol. The minimum Gasteiger partial charge on any atom is -0.0622 e. The molecule has 0 N–H and O–H groups in total. The molecule has 34 heavy (non-hydrogen) atoms. The zero-order valence-corrected chi connectivity index (χ0v) is 19.8. The van der Waals surface area contributed by atoms with Crippen LogP contribution < -0.4 is 0 Å². The molecule has 4 aromatic carbocycles. The van der Waals surface area contributed by atoms with E-state index in [4.69, 9.17) is 0 Å². The van der Waals surface area contributed by atoms with Gasteiger partial charge in [0.1, 0.15) is 0 Å². The predicted molar refractivity (Wildman–Crippen MR) is 141 cm³/mol. The predicted octanol–water partition coefficient (Wildman–Crippen LogP) is 8.24. The van der Waals surface area contributed by atoms with Crippen LogP contribution in [0.4, 0.5) is 0 Å². The van der Waals surface area contributed by atoms with E-state index >= 15 is 0 Å².